The third-order valence-corrected chi connectivity index (χ3v) is 4.05. The fourth-order valence-electron chi connectivity index (χ4n) is 3.47. The molecule has 0 spiro atoms. The van der Waals surface area contributed by atoms with Crippen LogP contribution >= 0.6 is 0 Å². The van der Waals surface area contributed by atoms with Crippen LogP contribution < -0.4 is 0 Å². The van der Waals surface area contributed by atoms with E-state index in [4.69, 9.17) is 0 Å². The normalized spacial score (nSPS) is 32.7. The van der Waals surface area contributed by atoms with E-state index in [2.05, 4.69) is 39.8 Å². The summed E-state index contributed by atoms with van der Waals surface area (Å²) in [6.45, 7) is 9.49. The lowest BCUT2D eigenvalue weighted by atomic mass is 9.67. The standard InChI is InChI=1S/C15H28/c1-5-6-7-10-14-11-8-9-13(4)15(14)12(2)3/h6-7,12-15H,5,8-11H2,1-4H3. The van der Waals surface area contributed by atoms with Gasteiger partial charge in [-0.1, -0.05) is 52.7 Å². The summed E-state index contributed by atoms with van der Waals surface area (Å²) in [6.07, 6.45) is 11.6. The highest BCUT2D eigenvalue weighted by molar-refractivity contribution is 4.89. The smallest absolute Gasteiger partial charge is 0.0319 e. The van der Waals surface area contributed by atoms with Gasteiger partial charge in [-0.05, 0) is 42.9 Å². The van der Waals surface area contributed by atoms with E-state index in [1.807, 2.05) is 0 Å². The Labute approximate surface area is 96.2 Å². The van der Waals surface area contributed by atoms with Gasteiger partial charge in [0.05, 0.1) is 0 Å². The van der Waals surface area contributed by atoms with Crippen molar-refractivity contribution in [2.24, 2.45) is 23.7 Å². The molecule has 1 fully saturated rings. The molecule has 1 aliphatic carbocycles. The average Bonchev–Trinajstić information content (AvgIpc) is 2.17. The van der Waals surface area contributed by atoms with Crippen LogP contribution in [0.4, 0.5) is 0 Å². The van der Waals surface area contributed by atoms with Crippen molar-refractivity contribution < 1.29 is 0 Å². The molecule has 0 saturated heterocycles. The van der Waals surface area contributed by atoms with Crippen LogP contribution in [0.3, 0.4) is 0 Å². The van der Waals surface area contributed by atoms with Gasteiger partial charge in [0.25, 0.3) is 0 Å². The van der Waals surface area contributed by atoms with Gasteiger partial charge in [0, 0.05) is 0 Å². The van der Waals surface area contributed by atoms with Crippen LogP contribution in [0.15, 0.2) is 12.2 Å². The zero-order valence-electron chi connectivity index (χ0n) is 11.0. The molecule has 0 bridgehead atoms. The largest absolute Gasteiger partial charge is 0.0888 e. The summed E-state index contributed by atoms with van der Waals surface area (Å²) in [6, 6.07) is 0. The Kier molecular flexibility index (Phi) is 5.42. The molecule has 88 valence electrons. The lowest BCUT2D eigenvalue weighted by Crippen LogP contribution is -2.30. The summed E-state index contributed by atoms with van der Waals surface area (Å²) in [5, 5.41) is 0. The molecular weight excluding hydrogens is 180 g/mol. The molecule has 1 rings (SSSR count). The molecule has 0 heterocycles. The lowest BCUT2D eigenvalue weighted by molar-refractivity contribution is 0.118. The molecule has 1 aliphatic rings. The summed E-state index contributed by atoms with van der Waals surface area (Å²) in [5.74, 6) is 3.72. The molecule has 0 amide bonds. The van der Waals surface area contributed by atoms with E-state index in [9.17, 15) is 0 Å². The SMILES string of the molecule is CCC=CCC1CCCC(C)C1C(C)C. The average molecular weight is 208 g/mol. The van der Waals surface area contributed by atoms with E-state index >= 15 is 0 Å². The minimum absolute atomic E-state index is 0.861. The Bertz CT molecular complexity index is 190. The topological polar surface area (TPSA) is 0 Å². The number of allylic oxidation sites excluding steroid dienone is 2. The third kappa shape index (κ3) is 3.66. The molecule has 3 unspecified atom stereocenters. The Morgan fingerprint density at radius 1 is 1.20 bits per heavy atom. The monoisotopic (exact) mass is 208 g/mol. The minimum atomic E-state index is 0.861. The summed E-state index contributed by atoms with van der Waals surface area (Å²) in [4.78, 5) is 0. The van der Waals surface area contributed by atoms with Gasteiger partial charge in [-0.2, -0.15) is 0 Å². The molecule has 0 aromatic heterocycles. The molecule has 0 aromatic carbocycles. The molecule has 0 heteroatoms. The quantitative estimate of drug-likeness (QED) is 0.567. The predicted octanol–water partition coefficient (Wildman–Crippen LogP) is 5.05. The van der Waals surface area contributed by atoms with Crippen molar-refractivity contribution in [1.82, 2.24) is 0 Å². The van der Waals surface area contributed by atoms with Crippen LogP contribution in [0.25, 0.3) is 0 Å². The lowest BCUT2D eigenvalue weighted by Gasteiger charge is -2.39. The fourth-order valence-corrected chi connectivity index (χ4v) is 3.47. The van der Waals surface area contributed by atoms with Gasteiger partial charge < -0.3 is 0 Å². The van der Waals surface area contributed by atoms with Crippen LogP contribution in [0.2, 0.25) is 0 Å². The van der Waals surface area contributed by atoms with Crippen LogP contribution in [-0.4, -0.2) is 0 Å². The van der Waals surface area contributed by atoms with Crippen molar-refractivity contribution in [1.29, 1.82) is 0 Å². The molecule has 0 radical (unpaired) electrons. The second-order valence-corrected chi connectivity index (χ2v) is 5.60. The van der Waals surface area contributed by atoms with Crippen LogP contribution in [0.1, 0.15) is 59.8 Å². The first-order chi connectivity index (χ1) is 7.16. The molecule has 0 aromatic rings. The molecule has 1 saturated carbocycles. The van der Waals surface area contributed by atoms with E-state index in [0.29, 0.717) is 0 Å². The minimum Gasteiger partial charge on any atom is -0.0888 e. The van der Waals surface area contributed by atoms with Gasteiger partial charge in [0.2, 0.25) is 0 Å². The van der Waals surface area contributed by atoms with Crippen LogP contribution in [0.5, 0.6) is 0 Å². The second-order valence-electron chi connectivity index (χ2n) is 5.60. The molecule has 15 heavy (non-hydrogen) atoms. The highest BCUT2D eigenvalue weighted by atomic mass is 14.4. The summed E-state index contributed by atoms with van der Waals surface area (Å²) in [7, 11) is 0. The van der Waals surface area contributed by atoms with Crippen molar-refractivity contribution >= 4 is 0 Å². The van der Waals surface area contributed by atoms with Crippen molar-refractivity contribution in [3.63, 3.8) is 0 Å². The maximum Gasteiger partial charge on any atom is -0.0319 e. The van der Waals surface area contributed by atoms with Crippen molar-refractivity contribution in [3.05, 3.63) is 12.2 Å². The van der Waals surface area contributed by atoms with E-state index in [0.717, 1.165) is 23.7 Å². The van der Waals surface area contributed by atoms with E-state index in [1.54, 1.807) is 0 Å². The van der Waals surface area contributed by atoms with Gasteiger partial charge >= 0.3 is 0 Å². The van der Waals surface area contributed by atoms with Crippen molar-refractivity contribution in [2.75, 3.05) is 0 Å². The van der Waals surface area contributed by atoms with Crippen molar-refractivity contribution in [3.8, 4) is 0 Å². The fraction of sp³-hybridized carbons (Fsp3) is 0.867. The summed E-state index contributed by atoms with van der Waals surface area (Å²) < 4.78 is 0. The Hall–Kier alpha value is -0.260. The van der Waals surface area contributed by atoms with Gasteiger partial charge in [-0.15, -0.1) is 0 Å². The Morgan fingerprint density at radius 2 is 1.93 bits per heavy atom. The van der Waals surface area contributed by atoms with Crippen LogP contribution in [-0.2, 0) is 0 Å². The molecule has 3 atom stereocenters. The first-order valence-electron chi connectivity index (χ1n) is 6.81. The molecule has 0 aliphatic heterocycles. The Morgan fingerprint density at radius 3 is 2.53 bits per heavy atom. The van der Waals surface area contributed by atoms with Crippen molar-refractivity contribution in [2.45, 2.75) is 59.8 Å². The van der Waals surface area contributed by atoms with E-state index in [1.165, 1.54) is 32.1 Å². The summed E-state index contributed by atoms with van der Waals surface area (Å²) >= 11 is 0. The highest BCUT2D eigenvalue weighted by Crippen LogP contribution is 2.40. The molecule has 0 N–H and O–H groups in total. The molecule has 0 nitrogen and oxygen atoms in total. The van der Waals surface area contributed by atoms with Crippen LogP contribution in [0, 0.1) is 23.7 Å². The number of rotatable bonds is 4. The number of hydrogen-bond acceptors (Lipinski definition) is 0. The number of hydrogen-bond donors (Lipinski definition) is 0. The third-order valence-electron chi connectivity index (χ3n) is 4.05. The van der Waals surface area contributed by atoms with Gasteiger partial charge in [-0.3, -0.25) is 0 Å². The zero-order chi connectivity index (χ0) is 11.3. The van der Waals surface area contributed by atoms with E-state index < -0.39 is 0 Å². The van der Waals surface area contributed by atoms with Gasteiger partial charge in [0.1, 0.15) is 0 Å². The predicted molar refractivity (Wildman–Crippen MR) is 68.9 cm³/mol. The summed E-state index contributed by atoms with van der Waals surface area (Å²) in [5.41, 5.74) is 0. The highest BCUT2D eigenvalue weighted by Gasteiger charge is 2.31. The maximum absolute atomic E-state index is 2.46. The van der Waals surface area contributed by atoms with Gasteiger partial charge in [0.15, 0.2) is 0 Å². The van der Waals surface area contributed by atoms with Gasteiger partial charge in [-0.25, -0.2) is 0 Å². The second kappa shape index (κ2) is 6.35. The van der Waals surface area contributed by atoms with E-state index in [-0.39, 0.29) is 0 Å². The Balaban J connectivity index is 2.54. The molecular formula is C15H28. The first-order valence-corrected chi connectivity index (χ1v) is 6.81. The zero-order valence-corrected chi connectivity index (χ0v) is 11.0. The first kappa shape index (κ1) is 12.8. The maximum atomic E-state index is 2.46.